The van der Waals surface area contributed by atoms with Crippen LogP contribution in [0.25, 0.3) is 5.69 Å². The lowest BCUT2D eigenvalue weighted by Gasteiger charge is -2.14. The summed E-state index contributed by atoms with van der Waals surface area (Å²) in [4.78, 5) is 12.6. The molecule has 10 heteroatoms. The lowest BCUT2D eigenvalue weighted by molar-refractivity contribution is -0.142. The van der Waals surface area contributed by atoms with Crippen LogP contribution in [0.5, 0.6) is 17.2 Å². The molecule has 0 spiro atoms. The first kappa shape index (κ1) is 21.0. The highest BCUT2D eigenvalue weighted by Crippen LogP contribution is 2.38. The second kappa shape index (κ2) is 8.36. The standard InChI is InChI=1S/C20H18F3N3O4/c1-28-15-10-12(11-16(29-2)18(15)30-3)19(27)25-13-4-6-14(7-5-13)26-17(8-9-24-26)20(21,22)23/h4-11H,1-3H3,(H,25,27). The molecule has 0 saturated heterocycles. The summed E-state index contributed by atoms with van der Waals surface area (Å²) in [7, 11) is 4.32. The minimum atomic E-state index is -4.53. The molecule has 1 N–H and O–H groups in total. The molecule has 0 radical (unpaired) electrons. The predicted molar refractivity (Wildman–Crippen MR) is 103 cm³/mol. The number of nitrogens with zero attached hydrogens (tertiary/aromatic N) is 2. The molecule has 0 unspecified atom stereocenters. The Morgan fingerprint density at radius 2 is 1.57 bits per heavy atom. The number of carbonyl (C=O) groups is 1. The fourth-order valence-electron chi connectivity index (χ4n) is 2.83. The summed E-state index contributed by atoms with van der Waals surface area (Å²) < 4.78 is 55.6. The van der Waals surface area contributed by atoms with Gasteiger partial charge >= 0.3 is 6.18 Å². The van der Waals surface area contributed by atoms with Crippen LogP contribution >= 0.6 is 0 Å². The van der Waals surface area contributed by atoms with Crippen molar-refractivity contribution < 1.29 is 32.2 Å². The van der Waals surface area contributed by atoms with E-state index in [0.29, 0.717) is 22.9 Å². The van der Waals surface area contributed by atoms with Gasteiger partial charge in [-0.15, -0.1) is 0 Å². The van der Waals surface area contributed by atoms with Crippen molar-refractivity contribution in [3.8, 4) is 22.9 Å². The number of alkyl halides is 3. The van der Waals surface area contributed by atoms with Crippen LogP contribution in [0.3, 0.4) is 0 Å². The Bertz CT molecular complexity index is 1020. The van der Waals surface area contributed by atoms with Gasteiger partial charge in [0.05, 0.1) is 33.2 Å². The molecule has 1 heterocycles. The van der Waals surface area contributed by atoms with Crippen molar-refractivity contribution in [2.45, 2.75) is 6.18 Å². The molecule has 0 saturated carbocycles. The summed E-state index contributed by atoms with van der Waals surface area (Å²) in [5.41, 5.74) is -0.0481. The number of hydrogen-bond donors (Lipinski definition) is 1. The summed E-state index contributed by atoms with van der Waals surface area (Å²) >= 11 is 0. The van der Waals surface area contributed by atoms with Crippen LogP contribution in [0.15, 0.2) is 48.7 Å². The fraction of sp³-hybridized carbons (Fsp3) is 0.200. The number of ether oxygens (including phenoxy) is 3. The van der Waals surface area contributed by atoms with Crippen molar-refractivity contribution in [3.05, 3.63) is 59.9 Å². The Morgan fingerprint density at radius 1 is 0.967 bits per heavy atom. The van der Waals surface area contributed by atoms with Gasteiger partial charge in [0.25, 0.3) is 5.91 Å². The van der Waals surface area contributed by atoms with Gasteiger partial charge in [-0.2, -0.15) is 18.3 Å². The number of amides is 1. The van der Waals surface area contributed by atoms with E-state index in [0.717, 1.165) is 16.9 Å². The molecule has 2 aromatic carbocycles. The topological polar surface area (TPSA) is 74.6 Å². The van der Waals surface area contributed by atoms with Gasteiger partial charge in [-0.05, 0) is 42.5 Å². The molecule has 0 aliphatic carbocycles. The number of nitrogens with one attached hydrogen (secondary N) is 1. The first-order valence-electron chi connectivity index (χ1n) is 8.61. The smallest absolute Gasteiger partial charge is 0.433 e. The summed E-state index contributed by atoms with van der Waals surface area (Å²) in [5, 5.41) is 6.39. The highest BCUT2D eigenvalue weighted by Gasteiger charge is 2.35. The number of benzene rings is 2. The van der Waals surface area contributed by atoms with E-state index in [1.165, 1.54) is 57.7 Å². The molecule has 3 aromatic rings. The number of halogens is 3. The number of anilines is 1. The third-order valence-electron chi connectivity index (χ3n) is 4.23. The number of rotatable bonds is 6. The van der Waals surface area contributed by atoms with Crippen LogP contribution in [0.4, 0.5) is 18.9 Å². The Hall–Kier alpha value is -3.69. The molecule has 3 rings (SSSR count). The monoisotopic (exact) mass is 421 g/mol. The van der Waals surface area contributed by atoms with Crippen LogP contribution < -0.4 is 19.5 Å². The average molecular weight is 421 g/mol. The molecule has 7 nitrogen and oxygen atoms in total. The maximum Gasteiger partial charge on any atom is 0.433 e. The normalized spacial score (nSPS) is 11.1. The Kier molecular flexibility index (Phi) is 5.86. The molecule has 1 amide bonds. The van der Waals surface area contributed by atoms with Crippen molar-refractivity contribution in [1.82, 2.24) is 9.78 Å². The number of hydrogen-bond acceptors (Lipinski definition) is 5. The van der Waals surface area contributed by atoms with Crippen molar-refractivity contribution in [3.63, 3.8) is 0 Å². The molecular weight excluding hydrogens is 403 g/mol. The van der Waals surface area contributed by atoms with E-state index in [-0.39, 0.29) is 11.3 Å². The molecule has 0 fully saturated rings. The first-order chi connectivity index (χ1) is 14.3. The van der Waals surface area contributed by atoms with E-state index in [1.54, 1.807) is 0 Å². The summed E-state index contributed by atoms with van der Waals surface area (Å²) in [6, 6.07) is 9.68. The van der Waals surface area contributed by atoms with Gasteiger partial charge in [0.1, 0.15) is 5.69 Å². The van der Waals surface area contributed by atoms with Crippen LogP contribution in [-0.4, -0.2) is 37.0 Å². The van der Waals surface area contributed by atoms with Crippen molar-refractivity contribution in [2.75, 3.05) is 26.6 Å². The molecular formula is C20H18F3N3O4. The Morgan fingerprint density at radius 3 is 2.07 bits per heavy atom. The fourth-order valence-corrected chi connectivity index (χ4v) is 2.83. The molecule has 1 aromatic heterocycles. The van der Waals surface area contributed by atoms with Crippen LogP contribution in [0.2, 0.25) is 0 Å². The molecule has 0 atom stereocenters. The highest BCUT2D eigenvalue weighted by atomic mass is 19.4. The Labute approximate surface area is 170 Å². The third-order valence-corrected chi connectivity index (χ3v) is 4.23. The quantitative estimate of drug-likeness (QED) is 0.647. The van der Waals surface area contributed by atoms with Crippen LogP contribution in [0, 0.1) is 0 Å². The van der Waals surface area contributed by atoms with Gasteiger partial charge in [0.2, 0.25) is 5.75 Å². The van der Waals surface area contributed by atoms with Crippen molar-refractivity contribution >= 4 is 11.6 Å². The highest BCUT2D eigenvalue weighted by molar-refractivity contribution is 6.05. The van der Waals surface area contributed by atoms with Crippen LogP contribution in [-0.2, 0) is 6.18 Å². The van der Waals surface area contributed by atoms with E-state index in [2.05, 4.69) is 10.4 Å². The van der Waals surface area contributed by atoms with Crippen LogP contribution in [0.1, 0.15) is 16.1 Å². The summed E-state index contributed by atoms with van der Waals surface area (Å²) in [5.74, 6) is 0.518. The molecule has 0 aliphatic rings. The van der Waals surface area contributed by atoms with Gasteiger partial charge in [-0.1, -0.05) is 0 Å². The van der Waals surface area contributed by atoms with Gasteiger partial charge < -0.3 is 19.5 Å². The Balaban J connectivity index is 1.83. The number of carbonyl (C=O) groups excluding carboxylic acids is 1. The van der Waals surface area contributed by atoms with Crippen molar-refractivity contribution in [1.29, 1.82) is 0 Å². The van der Waals surface area contributed by atoms with Gasteiger partial charge in [0, 0.05) is 11.3 Å². The van der Waals surface area contributed by atoms with Gasteiger partial charge in [0.15, 0.2) is 11.5 Å². The van der Waals surface area contributed by atoms with E-state index in [9.17, 15) is 18.0 Å². The average Bonchev–Trinajstić information content (AvgIpc) is 3.23. The molecule has 0 aliphatic heterocycles. The van der Waals surface area contributed by atoms with Gasteiger partial charge in [-0.3, -0.25) is 4.79 Å². The molecule has 158 valence electrons. The zero-order valence-electron chi connectivity index (χ0n) is 16.3. The second-order valence-corrected chi connectivity index (χ2v) is 6.04. The van der Waals surface area contributed by atoms with E-state index < -0.39 is 17.8 Å². The van der Waals surface area contributed by atoms with E-state index >= 15 is 0 Å². The molecule has 0 bridgehead atoms. The van der Waals surface area contributed by atoms with E-state index in [4.69, 9.17) is 14.2 Å². The SMILES string of the molecule is COc1cc(C(=O)Nc2ccc(-n3nccc3C(F)(F)F)cc2)cc(OC)c1OC. The maximum atomic E-state index is 13.0. The second-order valence-electron chi connectivity index (χ2n) is 6.04. The lowest BCUT2D eigenvalue weighted by atomic mass is 10.1. The largest absolute Gasteiger partial charge is 0.493 e. The molecule has 30 heavy (non-hydrogen) atoms. The predicted octanol–water partition coefficient (Wildman–Crippen LogP) is 4.17. The first-order valence-corrected chi connectivity index (χ1v) is 8.61. The zero-order valence-corrected chi connectivity index (χ0v) is 16.3. The van der Waals surface area contributed by atoms with E-state index in [1.807, 2.05) is 0 Å². The summed E-state index contributed by atoms with van der Waals surface area (Å²) in [6.07, 6.45) is -3.46. The minimum Gasteiger partial charge on any atom is -0.493 e. The zero-order chi connectivity index (χ0) is 21.9. The van der Waals surface area contributed by atoms with Crippen molar-refractivity contribution in [2.24, 2.45) is 0 Å². The van der Waals surface area contributed by atoms with Gasteiger partial charge in [-0.25, -0.2) is 4.68 Å². The number of methoxy groups -OCH3 is 3. The third kappa shape index (κ3) is 4.17. The number of aromatic nitrogens is 2. The summed E-state index contributed by atoms with van der Waals surface area (Å²) in [6.45, 7) is 0. The minimum absolute atomic E-state index is 0.207. The maximum absolute atomic E-state index is 13.0. The lowest BCUT2D eigenvalue weighted by Crippen LogP contribution is -2.14.